The molecule has 0 saturated carbocycles. The monoisotopic (exact) mass is 451 g/mol. The molecule has 0 aromatic heterocycles. The largest absolute Gasteiger partial charge is 0.493 e. The van der Waals surface area contributed by atoms with Gasteiger partial charge in [-0.1, -0.05) is 42.5 Å². The molecule has 0 aliphatic carbocycles. The predicted molar refractivity (Wildman–Crippen MR) is 130 cm³/mol. The Kier molecular flexibility index (Phi) is 8.89. The molecule has 1 heterocycles. The molecular formula is C26H33N3O4. The highest BCUT2D eigenvalue weighted by atomic mass is 16.5. The van der Waals surface area contributed by atoms with Crippen molar-refractivity contribution < 1.29 is 19.1 Å². The quantitative estimate of drug-likeness (QED) is 0.635. The Morgan fingerprint density at radius 2 is 1.76 bits per heavy atom. The van der Waals surface area contributed by atoms with Crippen molar-refractivity contribution in [1.29, 1.82) is 0 Å². The van der Waals surface area contributed by atoms with E-state index in [0.29, 0.717) is 30.2 Å². The molecule has 7 nitrogen and oxygen atoms in total. The van der Waals surface area contributed by atoms with E-state index in [9.17, 15) is 9.59 Å². The number of methoxy groups -OCH3 is 1. The predicted octanol–water partition coefficient (Wildman–Crippen LogP) is 3.07. The van der Waals surface area contributed by atoms with Crippen LogP contribution in [-0.2, 0) is 4.79 Å². The summed E-state index contributed by atoms with van der Waals surface area (Å²) in [5, 5.41) is 2.77. The van der Waals surface area contributed by atoms with E-state index in [1.165, 1.54) is 12.7 Å². The molecule has 2 aromatic rings. The van der Waals surface area contributed by atoms with Crippen LogP contribution in [0.15, 0.2) is 54.6 Å². The van der Waals surface area contributed by atoms with E-state index in [0.717, 1.165) is 19.6 Å². The number of carbonyl (C=O) groups is 2. The van der Waals surface area contributed by atoms with Crippen molar-refractivity contribution in [1.82, 2.24) is 15.1 Å². The number of hydrogen-bond acceptors (Lipinski definition) is 5. The Morgan fingerprint density at radius 3 is 2.42 bits per heavy atom. The highest BCUT2D eigenvalue weighted by molar-refractivity contribution is 5.95. The zero-order valence-electron chi connectivity index (χ0n) is 19.6. The lowest BCUT2D eigenvalue weighted by molar-refractivity contribution is -0.123. The standard InChI is InChI=1S/C26H33N3O4/c1-20(2)27-25(30)19-33-23-12-11-22(18-24(23)32-3)26(31)29-16-14-28(15-17-29)13-7-10-21-8-5-4-6-9-21/h4-12,18,20H,13-17,19H2,1-3H3,(H,27,30)/b10-7+. The molecule has 7 heteroatoms. The topological polar surface area (TPSA) is 71.1 Å². The second kappa shape index (κ2) is 12.1. The van der Waals surface area contributed by atoms with E-state index in [-0.39, 0.29) is 24.5 Å². The minimum absolute atomic E-state index is 0.0307. The molecule has 1 N–H and O–H groups in total. The fourth-order valence-electron chi connectivity index (χ4n) is 3.64. The van der Waals surface area contributed by atoms with Crippen LogP contribution in [0.4, 0.5) is 0 Å². The van der Waals surface area contributed by atoms with Gasteiger partial charge in [0.2, 0.25) is 0 Å². The number of amides is 2. The van der Waals surface area contributed by atoms with Crippen LogP contribution in [0.5, 0.6) is 11.5 Å². The first-order valence-corrected chi connectivity index (χ1v) is 11.3. The average molecular weight is 452 g/mol. The SMILES string of the molecule is COc1cc(C(=O)N2CCN(C/C=C/c3ccccc3)CC2)ccc1OCC(=O)NC(C)C. The summed E-state index contributed by atoms with van der Waals surface area (Å²) in [5.41, 5.74) is 1.73. The van der Waals surface area contributed by atoms with Crippen molar-refractivity contribution >= 4 is 17.9 Å². The molecule has 0 bridgehead atoms. The molecular weight excluding hydrogens is 418 g/mol. The summed E-state index contributed by atoms with van der Waals surface area (Å²) < 4.78 is 11.0. The van der Waals surface area contributed by atoms with Crippen LogP contribution in [0, 0.1) is 0 Å². The van der Waals surface area contributed by atoms with Crippen molar-refractivity contribution in [2.45, 2.75) is 19.9 Å². The van der Waals surface area contributed by atoms with E-state index in [1.54, 1.807) is 18.2 Å². The molecule has 1 fully saturated rings. The van der Waals surface area contributed by atoms with Crippen LogP contribution in [0.2, 0.25) is 0 Å². The van der Waals surface area contributed by atoms with Gasteiger partial charge < -0.3 is 19.7 Å². The maximum Gasteiger partial charge on any atom is 0.258 e. The number of nitrogens with one attached hydrogen (secondary N) is 1. The summed E-state index contributed by atoms with van der Waals surface area (Å²) in [4.78, 5) is 29.0. The van der Waals surface area contributed by atoms with Gasteiger partial charge in [-0.25, -0.2) is 0 Å². The lowest BCUT2D eigenvalue weighted by atomic mass is 10.1. The first kappa shape index (κ1) is 24.3. The lowest BCUT2D eigenvalue weighted by Crippen LogP contribution is -2.48. The Hall–Kier alpha value is -3.32. The van der Waals surface area contributed by atoms with E-state index in [4.69, 9.17) is 9.47 Å². The van der Waals surface area contributed by atoms with Crippen molar-refractivity contribution in [3.63, 3.8) is 0 Å². The van der Waals surface area contributed by atoms with Crippen LogP contribution < -0.4 is 14.8 Å². The van der Waals surface area contributed by atoms with Crippen molar-refractivity contribution in [3.05, 3.63) is 65.7 Å². The molecule has 1 aliphatic heterocycles. The summed E-state index contributed by atoms with van der Waals surface area (Å²) in [6, 6.07) is 15.3. The third-order valence-electron chi connectivity index (χ3n) is 5.35. The van der Waals surface area contributed by atoms with Gasteiger partial charge in [0.15, 0.2) is 18.1 Å². The van der Waals surface area contributed by atoms with Crippen molar-refractivity contribution in [3.8, 4) is 11.5 Å². The summed E-state index contributed by atoms with van der Waals surface area (Å²) in [6.45, 7) is 7.54. The van der Waals surface area contributed by atoms with Gasteiger partial charge in [0, 0.05) is 44.3 Å². The summed E-state index contributed by atoms with van der Waals surface area (Å²) in [7, 11) is 1.52. The number of nitrogens with zero attached hydrogens (tertiary/aromatic N) is 2. The first-order valence-electron chi connectivity index (χ1n) is 11.3. The van der Waals surface area contributed by atoms with E-state index in [2.05, 4.69) is 34.5 Å². The van der Waals surface area contributed by atoms with Crippen LogP contribution in [-0.4, -0.2) is 74.1 Å². The summed E-state index contributed by atoms with van der Waals surface area (Å²) in [6.07, 6.45) is 4.29. The fraction of sp³-hybridized carbons (Fsp3) is 0.385. The van der Waals surface area contributed by atoms with Crippen LogP contribution in [0.25, 0.3) is 6.08 Å². The van der Waals surface area contributed by atoms with Crippen LogP contribution in [0.3, 0.4) is 0 Å². The highest BCUT2D eigenvalue weighted by Gasteiger charge is 2.22. The molecule has 33 heavy (non-hydrogen) atoms. The molecule has 2 amide bonds. The average Bonchev–Trinajstić information content (AvgIpc) is 2.83. The zero-order chi connectivity index (χ0) is 23.6. The Bertz CT molecular complexity index is 951. The zero-order valence-corrected chi connectivity index (χ0v) is 19.6. The molecule has 1 saturated heterocycles. The molecule has 0 radical (unpaired) electrons. The Morgan fingerprint density at radius 1 is 1.03 bits per heavy atom. The van der Waals surface area contributed by atoms with E-state index >= 15 is 0 Å². The maximum atomic E-state index is 13.0. The number of piperazine rings is 1. The van der Waals surface area contributed by atoms with Crippen molar-refractivity contribution in [2.75, 3.05) is 46.4 Å². The number of carbonyl (C=O) groups excluding carboxylic acids is 2. The van der Waals surface area contributed by atoms with Gasteiger partial charge in [-0.2, -0.15) is 0 Å². The maximum absolute atomic E-state index is 13.0. The van der Waals surface area contributed by atoms with E-state index < -0.39 is 0 Å². The molecule has 2 aromatic carbocycles. The molecule has 0 atom stereocenters. The third-order valence-corrected chi connectivity index (χ3v) is 5.35. The number of hydrogen-bond donors (Lipinski definition) is 1. The highest BCUT2D eigenvalue weighted by Crippen LogP contribution is 2.28. The fourth-order valence-corrected chi connectivity index (χ4v) is 3.64. The van der Waals surface area contributed by atoms with Gasteiger partial charge in [0.05, 0.1) is 7.11 Å². The second-order valence-corrected chi connectivity index (χ2v) is 8.28. The minimum Gasteiger partial charge on any atom is -0.493 e. The van der Waals surface area contributed by atoms with Gasteiger partial charge in [0.25, 0.3) is 11.8 Å². The second-order valence-electron chi connectivity index (χ2n) is 8.28. The lowest BCUT2D eigenvalue weighted by Gasteiger charge is -2.34. The van der Waals surface area contributed by atoms with Crippen molar-refractivity contribution in [2.24, 2.45) is 0 Å². The van der Waals surface area contributed by atoms with Crippen LogP contribution in [0.1, 0.15) is 29.8 Å². The molecule has 0 spiro atoms. The van der Waals surface area contributed by atoms with Gasteiger partial charge in [-0.3, -0.25) is 14.5 Å². The molecule has 176 valence electrons. The minimum atomic E-state index is -0.205. The van der Waals surface area contributed by atoms with Gasteiger partial charge in [-0.05, 0) is 37.6 Å². The molecule has 3 rings (SSSR count). The summed E-state index contributed by atoms with van der Waals surface area (Å²) >= 11 is 0. The van der Waals surface area contributed by atoms with Gasteiger partial charge in [-0.15, -0.1) is 0 Å². The number of rotatable bonds is 9. The Balaban J connectivity index is 1.51. The first-order chi connectivity index (χ1) is 16.0. The number of ether oxygens (including phenoxy) is 2. The Labute approximate surface area is 196 Å². The van der Waals surface area contributed by atoms with E-state index in [1.807, 2.05) is 36.9 Å². The smallest absolute Gasteiger partial charge is 0.258 e. The van der Waals surface area contributed by atoms with Crippen LogP contribution >= 0.6 is 0 Å². The number of benzene rings is 2. The summed E-state index contributed by atoms with van der Waals surface area (Å²) in [5.74, 6) is 0.631. The molecule has 1 aliphatic rings. The third kappa shape index (κ3) is 7.36. The molecule has 0 unspecified atom stereocenters. The van der Waals surface area contributed by atoms with Gasteiger partial charge >= 0.3 is 0 Å². The normalized spacial score (nSPS) is 14.5. The van der Waals surface area contributed by atoms with Gasteiger partial charge in [0.1, 0.15) is 0 Å².